The zero-order valence-corrected chi connectivity index (χ0v) is 13.1. The van der Waals surface area contributed by atoms with Crippen molar-refractivity contribution in [2.45, 2.75) is 25.5 Å². The summed E-state index contributed by atoms with van der Waals surface area (Å²) in [6, 6.07) is 8.46. The largest absolute Gasteiger partial charge is 0.505 e. The maximum Gasteiger partial charge on any atom is 0.165 e. The van der Waals surface area contributed by atoms with Gasteiger partial charge in [-0.15, -0.1) is 0 Å². The van der Waals surface area contributed by atoms with E-state index < -0.39 is 5.82 Å². The van der Waals surface area contributed by atoms with Crippen molar-refractivity contribution in [1.82, 2.24) is 0 Å². The van der Waals surface area contributed by atoms with Crippen molar-refractivity contribution in [3.63, 3.8) is 0 Å². The minimum atomic E-state index is -0.674. The van der Waals surface area contributed by atoms with Crippen LogP contribution in [-0.2, 0) is 11.3 Å². The summed E-state index contributed by atoms with van der Waals surface area (Å²) in [6.45, 7) is 1.60. The van der Waals surface area contributed by atoms with Crippen LogP contribution in [0.2, 0.25) is 0 Å². The van der Waals surface area contributed by atoms with Gasteiger partial charge in [0.1, 0.15) is 17.7 Å². The maximum absolute atomic E-state index is 13.6. The first-order valence-electron chi connectivity index (χ1n) is 7.87. The fourth-order valence-electron chi connectivity index (χ4n) is 2.57. The van der Waals surface area contributed by atoms with Crippen molar-refractivity contribution < 1.29 is 23.4 Å². The second kappa shape index (κ2) is 7.49. The number of aromatic hydroxyl groups is 1. The molecule has 0 atom stereocenters. The van der Waals surface area contributed by atoms with E-state index in [1.54, 1.807) is 12.1 Å². The van der Waals surface area contributed by atoms with Crippen molar-refractivity contribution >= 4 is 5.69 Å². The molecule has 1 heterocycles. The lowest BCUT2D eigenvalue weighted by atomic mass is 10.1. The number of rotatable bonds is 5. The SMILES string of the molecule is Oc1ccc(CNc2ccc(F)cc2OC2CCOCC2)cc1F. The molecular formula is C18H19F2NO3. The van der Waals surface area contributed by atoms with Crippen molar-refractivity contribution in [3.05, 3.63) is 53.6 Å². The first-order chi connectivity index (χ1) is 11.6. The van der Waals surface area contributed by atoms with Crippen LogP contribution in [0.5, 0.6) is 11.5 Å². The van der Waals surface area contributed by atoms with Gasteiger partial charge in [-0.2, -0.15) is 0 Å². The first kappa shape index (κ1) is 16.5. The van der Waals surface area contributed by atoms with E-state index in [9.17, 15) is 13.9 Å². The molecule has 1 aliphatic rings. The van der Waals surface area contributed by atoms with Gasteiger partial charge in [0.25, 0.3) is 0 Å². The standard InChI is InChI=1S/C18H19F2NO3/c19-13-2-3-16(18(10-13)24-14-5-7-23-8-6-14)21-11-12-1-4-17(22)15(20)9-12/h1-4,9-10,14,21-22H,5-8,11H2. The van der Waals surface area contributed by atoms with Gasteiger partial charge in [0.05, 0.1) is 18.9 Å². The Morgan fingerprint density at radius 3 is 2.67 bits per heavy atom. The van der Waals surface area contributed by atoms with E-state index in [0.717, 1.165) is 12.8 Å². The molecule has 0 spiro atoms. The molecule has 0 aromatic heterocycles. The van der Waals surface area contributed by atoms with Gasteiger partial charge in [-0.1, -0.05) is 6.07 Å². The number of hydrogen-bond acceptors (Lipinski definition) is 4. The summed E-state index contributed by atoms with van der Waals surface area (Å²) in [7, 11) is 0. The number of hydrogen-bond donors (Lipinski definition) is 2. The van der Waals surface area contributed by atoms with Crippen LogP contribution in [0.25, 0.3) is 0 Å². The summed E-state index contributed by atoms with van der Waals surface area (Å²) in [4.78, 5) is 0. The molecule has 0 amide bonds. The molecule has 0 aliphatic carbocycles. The van der Waals surface area contributed by atoms with Gasteiger partial charge in [0, 0.05) is 25.5 Å². The topological polar surface area (TPSA) is 50.7 Å². The number of nitrogens with one attached hydrogen (secondary N) is 1. The zero-order chi connectivity index (χ0) is 16.9. The molecule has 0 bridgehead atoms. The van der Waals surface area contributed by atoms with E-state index in [1.807, 2.05) is 0 Å². The summed E-state index contributed by atoms with van der Waals surface area (Å²) < 4.78 is 38.1. The Labute approximate surface area is 139 Å². The summed E-state index contributed by atoms with van der Waals surface area (Å²) in [5, 5.41) is 12.3. The molecule has 2 aromatic carbocycles. The van der Waals surface area contributed by atoms with Crippen LogP contribution in [0.3, 0.4) is 0 Å². The molecule has 0 saturated carbocycles. The van der Waals surface area contributed by atoms with E-state index in [2.05, 4.69) is 5.32 Å². The number of halogens is 2. The third-order valence-electron chi connectivity index (χ3n) is 3.90. The van der Waals surface area contributed by atoms with Crippen molar-refractivity contribution in [1.29, 1.82) is 0 Å². The number of anilines is 1. The van der Waals surface area contributed by atoms with Gasteiger partial charge >= 0.3 is 0 Å². The molecular weight excluding hydrogens is 316 g/mol. The third kappa shape index (κ3) is 4.14. The average molecular weight is 335 g/mol. The van der Waals surface area contributed by atoms with E-state index >= 15 is 0 Å². The minimum absolute atomic E-state index is 0.00721. The van der Waals surface area contributed by atoms with Gasteiger partial charge < -0.3 is 19.9 Å². The van der Waals surface area contributed by atoms with Crippen molar-refractivity contribution in [2.24, 2.45) is 0 Å². The van der Waals surface area contributed by atoms with Crippen LogP contribution in [0, 0.1) is 11.6 Å². The van der Waals surface area contributed by atoms with Gasteiger partial charge in [-0.3, -0.25) is 0 Å². The molecule has 1 saturated heterocycles. The van der Waals surface area contributed by atoms with E-state index in [0.29, 0.717) is 36.8 Å². The quantitative estimate of drug-likeness (QED) is 0.872. The molecule has 24 heavy (non-hydrogen) atoms. The fourth-order valence-corrected chi connectivity index (χ4v) is 2.57. The predicted octanol–water partition coefficient (Wildman–Crippen LogP) is 3.84. The van der Waals surface area contributed by atoms with Gasteiger partial charge in [-0.25, -0.2) is 8.78 Å². The first-order valence-corrected chi connectivity index (χ1v) is 7.87. The molecule has 128 valence electrons. The second-order valence-electron chi connectivity index (χ2n) is 5.71. The fraction of sp³-hybridized carbons (Fsp3) is 0.333. The van der Waals surface area contributed by atoms with Gasteiger partial charge in [-0.05, 0) is 29.8 Å². The van der Waals surface area contributed by atoms with E-state index in [-0.39, 0.29) is 17.7 Å². The number of benzene rings is 2. The summed E-state index contributed by atoms with van der Waals surface area (Å²) >= 11 is 0. The summed E-state index contributed by atoms with van der Waals surface area (Å²) in [5.74, 6) is -1.00. The Morgan fingerprint density at radius 2 is 1.92 bits per heavy atom. The third-order valence-corrected chi connectivity index (χ3v) is 3.90. The van der Waals surface area contributed by atoms with Crippen LogP contribution in [0.15, 0.2) is 36.4 Å². The molecule has 2 aromatic rings. The van der Waals surface area contributed by atoms with Crippen molar-refractivity contribution in [3.8, 4) is 11.5 Å². The highest BCUT2D eigenvalue weighted by Crippen LogP contribution is 2.29. The van der Waals surface area contributed by atoms with Crippen molar-refractivity contribution in [2.75, 3.05) is 18.5 Å². The van der Waals surface area contributed by atoms with Crippen LogP contribution in [0.1, 0.15) is 18.4 Å². The average Bonchev–Trinajstić information content (AvgIpc) is 2.58. The maximum atomic E-state index is 13.6. The van der Waals surface area contributed by atoms with Gasteiger partial charge in [0.2, 0.25) is 0 Å². The Hall–Kier alpha value is -2.34. The normalized spacial score (nSPS) is 15.2. The Bertz CT molecular complexity index is 703. The van der Waals surface area contributed by atoms with Crippen LogP contribution >= 0.6 is 0 Å². The highest BCUT2D eigenvalue weighted by atomic mass is 19.1. The van der Waals surface area contributed by atoms with Crippen LogP contribution < -0.4 is 10.1 Å². The molecule has 4 nitrogen and oxygen atoms in total. The van der Waals surface area contributed by atoms with Gasteiger partial charge in [0.15, 0.2) is 11.6 Å². The zero-order valence-electron chi connectivity index (χ0n) is 13.1. The monoisotopic (exact) mass is 335 g/mol. The molecule has 1 aliphatic heterocycles. The van der Waals surface area contributed by atoms with Crippen LogP contribution in [0.4, 0.5) is 14.5 Å². The molecule has 0 unspecified atom stereocenters. The number of phenolic OH excluding ortho intramolecular Hbond substituents is 1. The number of phenols is 1. The lowest BCUT2D eigenvalue weighted by Crippen LogP contribution is -2.26. The molecule has 1 fully saturated rings. The lowest BCUT2D eigenvalue weighted by molar-refractivity contribution is 0.0257. The smallest absolute Gasteiger partial charge is 0.165 e. The Balaban J connectivity index is 1.70. The summed E-state index contributed by atoms with van der Waals surface area (Å²) in [5.41, 5.74) is 1.29. The second-order valence-corrected chi connectivity index (χ2v) is 5.71. The minimum Gasteiger partial charge on any atom is -0.505 e. The Kier molecular flexibility index (Phi) is 5.15. The summed E-state index contributed by atoms with van der Waals surface area (Å²) in [6.07, 6.45) is 1.52. The number of ether oxygens (including phenoxy) is 2. The molecule has 0 radical (unpaired) electrons. The predicted molar refractivity (Wildman–Crippen MR) is 86.3 cm³/mol. The molecule has 2 N–H and O–H groups in total. The van der Waals surface area contributed by atoms with E-state index in [1.165, 1.54) is 24.3 Å². The molecule has 3 rings (SSSR count). The molecule has 6 heteroatoms. The highest BCUT2D eigenvalue weighted by molar-refractivity contribution is 5.56. The highest BCUT2D eigenvalue weighted by Gasteiger charge is 2.17. The lowest BCUT2D eigenvalue weighted by Gasteiger charge is -2.24. The Morgan fingerprint density at radius 1 is 1.12 bits per heavy atom. The van der Waals surface area contributed by atoms with E-state index in [4.69, 9.17) is 9.47 Å². The van der Waals surface area contributed by atoms with Crippen LogP contribution in [-0.4, -0.2) is 24.4 Å².